The van der Waals surface area contributed by atoms with Crippen LogP contribution in [0.25, 0.3) is 28.2 Å². The van der Waals surface area contributed by atoms with Crippen LogP contribution < -0.4 is 16.0 Å². The third-order valence-corrected chi connectivity index (χ3v) is 6.53. The lowest BCUT2D eigenvalue weighted by Crippen LogP contribution is -2.25. The summed E-state index contributed by atoms with van der Waals surface area (Å²) in [7, 11) is 0. The number of carbonyl (C=O) groups excluding carboxylic acids is 1. The van der Waals surface area contributed by atoms with E-state index < -0.39 is 12.1 Å². The first-order valence-electron chi connectivity index (χ1n) is 11.2. The zero-order chi connectivity index (χ0) is 26.4. The molecule has 1 aromatic carbocycles. The standard InChI is InChI=1S/C23H16Cl2N10O3/c24-12-2-3-15(34-10-28-32-33-34)13(7-12)14-8-19(36)35-16(4-5-17(35)29-14)22-30-20(21(25)31-22)11-1-6-18(27-9-11)38-23(26)37/h1-3,6-10,16H,4-5H2,(H2,26,37)(H,30,31)/t16-/m0/s1. The number of nitrogens with zero attached hydrogens (tertiary/aromatic N) is 8. The number of ether oxygens (including phenoxy) is 1. The van der Waals surface area contributed by atoms with Gasteiger partial charge in [0.05, 0.1) is 17.4 Å². The van der Waals surface area contributed by atoms with E-state index in [1.165, 1.54) is 29.3 Å². The fourth-order valence-corrected chi connectivity index (χ4v) is 4.85. The molecule has 13 nitrogen and oxygen atoms in total. The van der Waals surface area contributed by atoms with Crippen LogP contribution in [-0.4, -0.2) is 50.8 Å². The van der Waals surface area contributed by atoms with Crippen LogP contribution in [0, 0.1) is 0 Å². The number of amides is 1. The predicted molar refractivity (Wildman–Crippen MR) is 135 cm³/mol. The Balaban J connectivity index is 1.35. The van der Waals surface area contributed by atoms with Gasteiger partial charge in [-0.15, -0.1) is 5.10 Å². The largest absolute Gasteiger partial charge is 0.411 e. The zero-order valence-electron chi connectivity index (χ0n) is 19.2. The molecule has 0 radical (unpaired) electrons. The summed E-state index contributed by atoms with van der Waals surface area (Å²) in [6.45, 7) is 0. The molecule has 3 N–H and O–H groups in total. The van der Waals surface area contributed by atoms with Crippen molar-refractivity contribution in [3.8, 4) is 34.1 Å². The maximum absolute atomic E-state index is 13.4. The number of aromatic amines is 1. The summed E-state index contributed by atoms with van der Waals surface area (Å²) < 4.78 is 7.84. The molecule has 1 aliphatic rings. The molecule has 6 rings (SSSR count). The highest BCUT2D eigenvalue weighted by molar-refractivity contribution is 6.32. The first-order chi connectivity index (χ1) is 18.4. The lowest BCUT2D eigenvalue weighted by atomic mass is 10.1. The van der Waals surface area contributed by atoms with Crippen molar-refractivity contribution < 1.29 is 9.53 Å². The number of H-pyrrole nitrogens is 1. The minimum absolute atomic E-state index is 0.0502. The second-order valence-electron chi connectivity index (χ2n) is 8.33. The van der Waals surface area contributed by atoms with Crippen molar-refractivity contribution in [2.45, 2.75) is 18.9 Å². The van der Waals surface area contributed by atoms with E-state index in [4.69, 9.17) is 38.7 Å². The molecule has 38 heavy (non-hydrogen) atoms. The molecule has 5 heterocycles. The number of nitrogens with one attached hydrogen (secondary N) is 1. The van der Waals surface area contributed by atoms with Gasteiger partial charge >= 0.3 is 6.09 Å². The second kappa shape index (κ2) is 9.36. The Morgan fingerprint density at radius 1 is 1.16 bits per heavy atom. The number of aromatic nitrogens is 9. The molecule has 0 fully saturated rings. The molecule has 1 amide bonds. The fraction of sp³-hybridized carbons (Fsp3) is 0.130. The zero-order valence-corrected chi connectivity index (χ0v) is 20.8. The molecule has 0 saturated carbocycles. The minimum Gasteiger partial charge on any atom is -0.391 e. The predicted octanol–water partition coefficient (Wildman–Crippen LogP) is 2.97. The number of halogens is 2. The van der Waals surface area contributed by atoms with E-state index >= 15 is 0 Å². The highest BCUT2D eigenvalue weighted by Gasteiger charge is 2.30. The summed E-state index contributed by atoms with van der Waals surface area (Å²) in [5, 5.41) is 12.1. The van der Waals surface area contributed by atoms with Gasteiger partial charge in [0, 0.05) is 40.9 Å². The molecule has 0 saturated heterocycles. The molecule has 4 aromatic heterocycles. The Bertz CT molecular complexity index is 1730. The SMILES string of the molecule is NC(=O)Oc1ccc(-c2nc([C@@H]3CCc4nc(-c5cc(Cl)ccc5-n5cnnn5)cc(=O)n43)[nH]c2Cl)cn1. The normalized spacial score (nSPS) is 14.4. The number of nitrogens with two attached hydrogens (primary N) is 1. The Kier molecular flexibility index (Phi) is 5.85. The van der Waals surface area contributed by atoms with E-state index in [0.717, 1.165) is 0 Å². The molecule has 190 valence electrons. The van der Waals surface area contributed by atoms with Gasteiger partial charge in [0.15, 0.2) is 0 Å². The van der Waals surface area contributed by atoms with Crippen LogP contribution in [0.15, 0.2) is 53.7 Å². The summed E-state index contributed by atoms with van der Waals surface area (Å²) in [5.41, 5.74) is 7.50. The minimum atomic E-state index is -0.963. The fourth-order valence-electron chi connectivity index (χ4n) is 4.43. The molecule has 0 unspecified atom stereocenters. The van der Waals surface area contributed by atoms with Gasteiger partial charge in [-0.1, -0.05) is 23.2 Å². The number of aryl methyl sites for hydroxylation is 1. The molecular formula is C23H16Cl2N10O3. The number of carbonyl (C=O) groups is 1. The topological polar surface area (TPSA) is 172 Å². The molecule has 1 aliphatic heterocycles. The van der Waals surface area contributed by atoms with E-state index in [1.54, 1.807) is 28.8 Å². The summed E-state index contributed by atoms with van der Waals surface area (Å²) in [6.07, 6.45) is 3.08. The molecule has 0 spiro atoms. The van der Waals surface area contributed by atoms with Gasteiger partial charge < -0.3 is 15.5 Å². The van der Waals surface area contributed by atoms with Crippen molar-refractivity contribution >= 4 is 29.3 Å². The van der Waals surface area contributed by atoms with Crippen LogP contribution in [-0.2, 0) is 6.42 Å². The highest BCUT2D eigenvalue weighted by atomic mass is 35.5. The Morgan fingerprint density at radius 3 is 2.76 bits per heavy atom. The maximum atomic E-state index is 13.4. The summed E-state index contributed by atoms with van der Waals surface area (Å²) in [5.74, 6) is 1.16. The van der Waals surface area contributed by atoms with Crippen molar-refractivity contribution in [3.05, 3.63) is 81.1 Å². The van der Waals surface area contributed by atoms with Crippen molar-refractivity contribution in [1.29, 1.82) is 0 Å². The van der Waals surface area contributed by atoms with E-state index in [2.05, 4.69) is 30.5 Å². The molecular weight excluding hydrogens is 535 g/mol. The summed E-state index contributed by atoms with van der Waals surface area (Å²) in [4.78, 5) is 40.8. The van der Waals surface area contributed by atoms with Crippen LogP contribution in [0.1, 0.15) is 24.1 Å². The quantitative estimate of drug-likeness (QED) is 0.333. The van der Waals surface area contributed by atoms with Gasteiger partial charge in [0.1, 0.15) is 28.8 Å². The van der Waals surface area contributed by atoms with Gasteiger partial charge in [-0.05, 0) is 41.1 Å². The van der Waals surface area contributed by atoms with Crippen molar-refractivity contribution in [2.75, 3.05) is 0 Å². The number of pyridine rings is 1. The number of hydrogen-bond acceptors (Lipinski definition) is 9. The number of rotatable bonds is 5. The van der Waals surface area contributed by atoms with E-state index in [1.807, 2.05) is 0 Å². The average Bonchev–Trinajstić information content (AvgIpc) is 3.64. The first-order valence-corrected chi connectivity index (χ1v) is 12.0. The van der Waals surface area contributed by atoms with Crippen molar-refractivity contribution in [3.63, 3.8) is 0 Å². The van der Waals surface area contributed by atoms with Crippen LogP contribution in [0.3, 0.4) is 0 Å². The lowest BCUT2D eigenvalue weighted by Gasteiger charge is -2.14. The first kappa shape index (κ1) is 23.8. The van der Waals surface area contributed by atoms with Gasteiger partial charge in [0.25, 0.3) is 5.56 Å². The third kappa shape index (κ3) is 4.27. The maximum Gasteiger partial charge on any atom is 0.411 e. The average molecular weight is 551 g/mol. The third-order valence-electron chi connectivity index (χ3n) is 6.02. The van der Waals surface area contributed by atoms with Gasteiger partial charge in [-0.25, -0.2) is 19.7 Å². The van der Waals surface area contributed by atoms with Gasteiger partial charge in [0.2, 0.25) is 5.88 Å². The highest BCUT2D eigenvalue weighted by Crippen LogP contribution is 2.34. The number of benzene rings is 1. The molecule has 15 heteroatoms. The second-order valence-corrected chi connectivity index (χ2v) is 9.14. The summed E-state index contributed by atoms with van der Waals surface area (Å²) >= 11 is 12.7. The van der Waals surface area contributed by atoms with E-state index in [-0.39, 0.29) is 16.6 Å². The van der Waals surface area contributed by atoms with Crippen LogP contribution in [0.5, 0.6) is 5.88 Å². The lowest BCUT2D eigenvalue weighted by molar-refractivity contribution is 0.209. The monoisotopic (exact) mass is 550 g/mol. The van der Waals surface area contributed by atoms with Crippen LogP contribution >= 0.6 is 23.2 Å². The van der Waals surface area contributed by atoms with Crippen LogP contribution in [0.2, 0.25) is 10.2 Å². The summed E-state index contributed by atoms with van der Waals surface area (Å²) in [6, 6.07) is 9.37. The van der Waals surface area contributed by atoms with Gasteiger partial charge in [-0.2, -0.15) is 4.68 Å². The molecule has 1 atom stereocenters. The Hall–Kier alpha value is -4.62. The van der Waals surface area contributed by atoms with Crippen molar-refractivity contribution in [1.82, 2.24) is 44.7 Å². The van der Waals surface area contributed by atoms with Gasteiger partial charge in [-0.3, -0.25) is 9.36 Å². The number of tetrazole rings is 1. The number of hydrogen-bond donors (Lipinski definition) is 2. The smallest absolute Gasteiger partial charge is 0.391 e. The molecule has 5 aromatic rings. The number of primary amides is 1. The van der Waals surface area contributed by atoms with Crippen LogP contribution in [0.4, 0.5) is 4.79 Å². The number of fused-ring (bicyclic) bond motifs is 1. The van der Waals surface area contributed by atoms with E-state index in [9.17, 15) is 9.59 Å². The Labute approximate surface area is 223 Å². The number of imidazole rings is 1. The molecule has 0 bridgehead atoms. The van der Waals surface area contributed by atoms with Crippen molar-refractivity contribution in [2.24, 2.45) is 5.73 Å². The molecule has 0 aliphatic carbocycles. The Morgan fingerprint density at radius 2 is 2.03 bits per heavy atom. The van der Waals surface area contributed by atoms with E-state index in [0.29, 0.717) is 57.7 Å².